The molecule has 2 heterocycles. The number of hydrogen-bond donors (Lipinski definition) is 1. The first kappa shape index (κ1) is 13.4. The van der Waals surface area contributed by atoms with Crippen LogP contribution in [0.25, 0.3) is 11.1 Å². The standard InChI is InChI=1S/C17H23N3/c1-12-6-7-14(13(2)11-12)17-15(8-9-18)19-20-10-4-3-5-16(17)20/h6-7,11H,3-5,8-10,18H2,1-2H3. The molecule has 1 aromatic heterocycles. The smallest absolute Gasteiger partial charge is 0.0718 e. The van der Waals surface area contributed by atoms with Crippen molar-refractivity contribution in [3.05, 3.63) is 40.7 Å². The third kappa shape index (κ3) is 2.27. The van der Waals surface area contributed by atoms with Crippen LogP contribution in [-0.4, -0.2) is 16.3 Å². The molecule has 0 fully saturated rings. The Morgan fingerprint density at radius 3 is 2.85 bits per heavy atom. The monoisotopic (exact) mass is 269 g/mol. The molecule has 0 bridgehead atoms. The van der Waals surface area contributed by atoms with Gasteiger partial charge in [0.1, 0.15) is 0 Å². The molecule has 0 saturated carbocycles. The van der Waals surface area contributed by atoms with E-state index in [0.29, 0.717) is 6.54 Å². The van der Waals surface area contributed by atoms with Gasteiger partial charge in [0.15, 0.2) is 0 Å². The predicted octanol–water partition coefficient (Wildman–Crippen LogP) is 3.00. The van der Waals surface area contributed by atoms with Gasteiger partial charge in [-0.15, -0.1) is 0 Å². The van der Waals surface area contributed by atoms with Crippen LogP contribution in [0.5, 0.6) is 0 Å². The van der Waals surface area contributed by atoms with Gasteiger partial charge in [0.05, 0.1) is 5.69 Å². The van der Waals surface area contributed by atoms with Gasteiger partial charge in [0, 0.05) is 24.2 Å². The minimum Gasteiger partial charge on any atom is -0.330 e. The molecule has 20 heavy (non-hydrogen) atoms. The molecular formula is C17H23N3. The highest BCUT2D eigenvalue weighted by molar-refractivity contribution is 5.72. The van der Waals surface area contributed by atoms with E-state index in [9.17, 15) is 0 Å². The third-order valence-corrected chi connectivity index (χ3v) is 4.20. The van der Waals surface area contributed by atoms with E-state index in [2.05, 4.69) is 36.7 Å². The number of benzene rings is 1. The fraction of sp³-hybridized carbons (Fsp3) is 0.471. The van der Waals surface area contributed by atoms with E-state index in [0.717, 1.165) is 19.4 Å². The molecule has 1 aliphatic heterocycles. The molecule has 0 unspecified atom stereocenters. The molecule has 0 atom stereocenters. The Labute approximate surface area is 120 Å². The molecule has 0 spiro atoms. The summed E-state index contributed by atoms with van der Waals surface area (Å²) in [6.45, 7) is 6.05. The number of aromatic nitrogens is 2. The molecule has 3 rings (SSSR count). The molecule has 106 valence electrons. The molecule has 1 aromatic carbocycles. The number of aryl methyl sites for hydroxylation is 3. The van der Waals surface area contributed by atoms with E-state index >= 15 is 0 Å². The van der Waals surface area contributed by atoms with Gasteiger partial charge in [-0.1, -0.05) is 23.8 Å². The molecule has 0 aliphatic carbocycles. The van der Waals surface area contributed by atoms with Crippen LogP contribution in [0.2, 0.25) is 0 Å². The normalized spacial score (nSPS) is 14.3. The summed E-state index contributed by atoms with van der Waals surface area (Å²) in [5.74, 6) is 0. The Hall–Kier alpha value is -1.61. The van der Waals surface area contributed by atoms with Gasteiger partial charge >= 0.3 is 0 Å². The molecule has 2 N–H and O–H groups in total. The Kier molecular flexibility index (Phi) is 3.62. The average molecular weight is 269 g/mol. The second-order valence-electron chi connectivity index (χ2n) is 5.81. The van der Waals surface area contributed by atoms with Gasteiger partial charge < -0.3 is 5.73 Å². The summed E-state index contributed by atoms with van der Waals surface area (Å²) >= 11 is 0. The molecular weight excluding hydrogens is 246 g/mol. The first-order valence-corrected chi connectivity index (χ1v) is 7.57. The number of rotatable bonds is 3. The zero-order valence-electron chi connectivity index (χ0n) is 12.4. The molecule has 0 amide bonds. The summed E-state index contributed by atoms with van der Waals surface area (Å²) in [4.78, 5) is 0. The van der Waals surface area contributed by atoms with Crippen LogP contribution < -0.4 is 5.73 Å². The van der Waals surface area contributed by atoms with Crippen molar-refractivity contribution < 1.29 is 0 Å². The minimum absolute atomic E-state index is 0.661. The van der Waals surface area contributed by atoms with E-state index in [1.165, 1.54) is 46.5 Å². The van der Waals surface area contributed by atoms with Crippen molar-refractivity contribution in [1.82, 2.24) is 9.78 Å². The van der Waals surface area contributed by atoms with Crippen molar-refractivity contribution in [3.63, 3.8) is 0 Å². The summed E-state index contributed by atoms with van der Waals surface area (Å²) in [5.41, 5.74) is 13.7. The lowest BCUT2D eigenvalue weighted by molar-refractivity contribution is 0.484. The highest BCUT2D eigenvalue weighted by Crippen LogP contribution is 2.33. The van der Waals surface area contributed by atoms with E-state index in [1.54, 1.807) is 0 Å². The Bertz CT molecular complexity index is 625. The van der Waals surface area contributed by atoms with E-state index in [1.807, 2.05) is 0 Å². The number of nitrogens with zero attached hydrogens (tertiary/aromatic N) is 2. The topological polar surface area (TPSA) is 43.8 Å². The van der Waals surface area contributed by atoms with Crippen molar-refractivity contribution in [1.29, 1.82) is 0 Å². The van der Waals surface area contributed by atoms with Crippen molar-refractivity contribution >= 4 is 0 Å². The molecule has 2 aromatic rings. The summed E-state index contributed by atoms with van der Waals surface area (Å²) in [6, 6.07) is 6.70. The predicted molar refractivity (Wildman–Crippen MR) is 82.8 cm³/mol. The maximum absolute atomic E-state index is 5.78. The largest absolute Gasteiger partial charge is 0.330 e. The van der Waals surface area contributed by atoms with Crippen molar-refractivity contribution in [3.8, 4) is 11.1 Å². The van der Waals surface area contributed by atoms with Gasteiger partial charge in [-0.3, -0.25) is 4.68 Å². The van der Waals surface area contributed by atoms with Crippen LogP contribution in [0.4, 0.5) is 0 Å². The fourth-order valence-electron chi connectivity index (χ4n) is 3.26. The first-order valence-electron chi connectivity index (χ1n) is 7.57. The van der Waals surface area contributed by atoms with Crippen LogP contribution in [0.3, 0.4) is 0 Å². The molecule has 1 aliphatic rings. The van der Waals surface area contributed by atoms with Crippen molar-refractivity contribution in [2.45, 2.75) is 46.1 Å². The number of hydrogen-bond acceptors (Lipinski definition) is 2. The van der Waals surface area contributed by atoms with E-state index < -0.39 is 0 Å². The zero-order chi connectivity index (χ0) is 14.1. The maximum atomic E-state index is 5.78. The lowest BCUT2D eigenvalue weighted by Gasteiger charge is -2.16. The second-order valence-corrected chi connectivity index (χ2v) is 5.81. The van der Waals surface area contributed by atoms with Crippen molar-refractivity contribution in [2.24, 2.45) is 5.73 Å². The maximum Gasteiger partial charge on any atom is 0.0718 e. The highest BCUT2D eigenvalue weighted by Gasteiger charge is 2.21. The van der Waals surface area contributed by atoms with Crippen LogP contribution in [0.15, 0.2) is 18.2 Å². The number of nitrogens with two attached hydrogens (primary N) is 1. The first-order chi connectivity index (χ1) is 9.70. The van der Waals surface area contributed by atoms with Crippen LogP contribution in [0.1, 0.15) is 35.4 Å². The quantitative estimate of drug-likeness (QED) is 0.931. The third-order valence-electron chi connectivity index (χ3n) is 4.20. The Morgan fingerprint density at radius 2 is 2.10 bits per heavy atom. The fourth-order valence-corrected chi connectivity index (χ4v) is 3.26. The Morgan fingerprint density at radius 1 is 1.25 bits per heavy atom. The van der Waals surface area contributed by atoms with Gasteiger partial charge in [0.25, 0.3) is 0 Å². The van der Waals surface area contributed by atoms with Crippen LogP contribution in [0, 0.1) is 13.8 Å². The average Bonchev–Trinajstić information content (AvgIpc) is 2.78. The summed E-state index contributed by atoms with van der Waals surface area (Å²) in [6.07, 6.45) is 4.51. The second kappa shape index (κ2) is 5.41. The highest BCUT2D eigenvalue weighted by atomic mass is 15.3. The Balaban J connectivity index is 2.17. The SMILES string of the molecule is Cc1ccc(-c2c(CCN)nn3c2CCCC3)c(C)c1. The lowest BCUT2D eigenvalue weighted by atomic mass is 9.93. The summed E-state index contributed by atoms with van der Waals surface area (Å²) < 4.78 is 2.21. The number of fused-ring (bicyclic) bond motifs is 1. The van der Waals surface area contributed by atoms with E-state index in [4.69, 9.17) is 10.8 Å². The van der Waals surface area contributed by atoms with E-state index in [-0.39, 0.29) is 0 Å². The van der Waals surface area contributed by atoms with Gasteiger partial charge in [0.2, 0.25) is 0 Å². The van der Waals surface area contributed by atoms with Gasteiger partial charge in [-0.2, -0.15) is 5.10 Å². The van der Waals surface area contributed by atoms with Gasteiger partial charge in [-0.25, -0.2) is 0 Å². The summed E-state index contributed by atoms with van der Waals surface area (Å²) in [5, 5.41) is 4.82. The summed E-state index contributed by atoms with van der Waals surface area (Å²) in [7, 11) is 0. The van der Waals surface area contributed by atoms with Crippen LogP contribution >= 0.6 is 0 Å². The van der Waals surface area contributed by atoms with Crippen LogP contribution in [-0.2, 0) is 19.4 Å². The zero-order valence-corrected chi connectivity index (χ0v) is 12.4. The molecule has 3 nitrogen and oxygen atoms in total. The molecule has 3 heteroatoms. The lowest BCUT2D eigenvalue weighted by Crippen LogP contribution is -2.11. The molecule has 0 saturated heterocycles. The molecule has 0 radical (unpaired) electrons. The van der Waals surface area contributed by atoms with Crippen molar-refractivity contribution in [2.75, 3.05) is 6.54 Å². The minimum atomic E-state index is 0.661. The van der Waals surface area contributed by atoms with Gasteiger partial charge in [-0.05, 0) is 50.8 Å².